The second kappa shape index (κ2) is 6.96. The summed E-state index contributed by atoms with van der Waals surface area (Å²) in [6, 6.07) is 6.70. The number of ether oxygens (including phenoxy) is 1. The molecule has 6 nitrogen and oxygen atoms in total. The zero-order valence-electron chi connectivity index (χ0n) is 10.9. The Bertz CT molecular complexity index is 419. The normalized spacial score (nSPS) is 16.0. The molecule has 6 heteroatoms. The molecule has 1 saturated heterocycles. The first-order valence-corrected chi connectivity index (χ1v) is 6.47. The number of piperazine rings is 1. The molecule has 4 N–H and O–H groups in total. The van der Waals surface area contributed by atoms with Gasteiger partial charge in [0.2, 0.25) is 0 Å². The molecular formula is C13H20N4O2. The number of carbonyl (C=O) groups excluding carboxylic acids is 1. The molecule has 1 aliphatic heterocycles. The van der Waals surface area contributed by atoms with Crippen molar-refractivity contribution in [3.8, 4) is 5.75 Å². The van der Waals surface area contributed by atoms with Gasteiger partial charge in [-0.3, -0.25) is 4.90 Å². The minimum Gasteiger partial charge on any atom is -0.490 e. The van der Waals surface area contributed by atoms with Gasteiger partial charge in [0.15, 0.2) is 0 Å². The predicted octanol–water partition coefficient (Wildman–Crippen LogP) is 0.461. The highest BCUT2D eigenvalue weighted by Crippen LogP contribution is 2.23. The lowest BCUT2D eigenvalue weighted by atomic mass is 10.3. The van der Waals surface area contributed by atoms with Crippen LogP contribution in [0.3, 0.4) is 0 Å². The van der Waals surface area contributed by atoms with Crippen molar-refractivity contribution >= 4 is 11.7 Å². The summed E-state index contributed by atoms with van der Waals surface area (Å²) in [5.41, 5.74) is 5.72. The van der Waals surface area contributed by atoms with Gasteiger partial charge in [0.05, 0.1) is 5.69 Å². The number of primary amides is 1. The molecule has 1 fully saturated rings. The molecule has 0 spiro atoms. The highest BCUT2D eigenvalue weighted by atomic mass is 16.5. The zero-order valence-corrected chi connectivity index (χ0v) is 10.9. The van der Waals surface area contributed by atoms with Gasteiger partial charge in [0, 0.05) is 32.7 Å². The number of hydrogen-bond acceptors (Lipinski definition) is 4. The Hall–Kier alpha value is -1.79. The lowest BCUT2D eigenvalue weighted by Gasteiger charge is -2.27. The number of para-hydroxylation sites is 2. The molecule has 0 atom stereocenters. The maximum absolute atomic E-state index is 10.9. The molecule has 2 amide bonds. The molecule has 0 saturated carbocycles. The summed E-state index contributed by atoms with van der Waals surface area (Å²) in [6.45, 7) is 5.62. The molecule has 0 aromatic heterocycles. The summed E-state index contributed by atoms with van der Waals surface area (Å²) in [5, 5.41) is 5.86. The summed E-state index contributed by atoms with van der Waals surface area (Å²) in [5.74, 6) is 0.649. The van der Waals surface area contributed by atoms with E-state index < -0.39 is 6.03 Å². The quantitative estimate of drug-likeness (QED) is 0.722. The van der Waals surface area contributed by atoms with E-state index in [2.05, 4.69) is 15.5 Å². The minimum absolute atomic E-state index is 0.585. The van der Waals surface area contributed by atoms with E-state index in [1.54, 1.807) is 6.07 Å². The third-order valence-corrected chi connectivity index (χ3v) is 3.02. The molecule has 1 heterocycles. The number of hydrogen-bond donors (Lipinski definition) is 3. The number of urea groups is 1. The topological polar surface area (TPSA) is 79.6 Å². The number of nitrogens with two attached hydrogens (primary N) is 1. The number of amides is 2. The van der Waals surface area contributed by atoms with Gasteiger partial charge in [-0.25, -0.2) is 4.79 Å². The number of rotatable bonds is 5. The van der Waals surface area contributed by atoms with Crippen LogP contribution < -0.4 is 21.1 Å². The second-order valence-electron chi connectivity index (χ2n) is 4.43. The fourth-order valence-electron chi connectivity index (χ4n) is 2.05. The number of nitrogens with zero attached hydrogens (tertiary/aromatic N) is 1. The molecule has 0 unspecified atom stereocenters. The van der Waals surface area contributed by atoms with E-state index in [0.29, 0.717) is 18.0 Å². The Morgan fingerprint density at radius 2 is 2.11 bits per heavy atom. The van der Waals surface area contributed by atoms with Crippen molar-refractivity contribution in [1.29, 1.82) is 0 Å². The van der Waals surface area contributed by atoms with Crippen LogP contribution in [0.4, 0.5) is 10.5 Å². The SMILES string of the molecule is NC(=O)Nc1ccccc1OCCN1CCNCC1. The summed E-state index contributed by atoms with van der Waals surface area (Å²) in [6.07, 6.45) is 0. The molecule has 0 aliphatic carbocycles. The number of anilines is 1. The molecule has 1 aliphatic rings. The maximum Gasteiger partial charge on any atom is 0.316 e. The van der Waals surface area contributed by atoms with Gasteiger partial charge in [-0.2, -0.15) is 0 Å². The molecule has 0 bridgehead atoms. The molecular weight excluding hydrogens is 244 g/mol. The minimum atomic E-state index is -0.585. The number of benzene rings is 1. The van der Waals surface area contributed by atoms with E-state index in [4.69, 9.17) is 10.5 Å². The Labute approximate surface area is 112 Å². The van der Waals surface area contributed by atoms with E-state index in [9.17, 15) is 4.79 Å². The van der Waals surface area contributed by atoms with Crippen LogP contribution in [0.1, 0.15) is 0 Å². The van der Waals surface area contributed by atoms with E-state index in [0.717, 1.165) is 32.7 Å². The third kappa shape index (κ3) is 4.42. The Morgan fingerprint density at radius 3 is 2.84 bits per heavy atom. The maximum atomic E-state index is 10.9. The van der Waals surface area contributed by atoms with Crippen LogP contribution in [-0.2, 0) is 0 Å². The molecule has 104 valence electrons. The van der Waals surface area contributed by atoms with Crippen molar-refractivity contribution < 1.29 is 9.53 Å². The van der Waals surface area contributed by atoms with Crippen molar-refractivity contribution in [2.45, 2.75) is 0 Å². The van der Waals surface area contributed by atoms with E-state index in [-0.39, 0.29) is 0 Å². The van der Waals surface area contributed by atoms with Crippen LogP contribution in [0.2, 0.25) is 0 Å². The standard InChI is InChI=1S/C13H20N4O2/c14-13(18)16-11-3-1-2-4-12(11)19-10-9-17-7-5-15-6-8-17/h1-4,15H,5-10H2,(H3,14,16,18). The largest absolute Gasteiger partial charge is 0.490 e. The summed E-state index contributed by atoms with van der Waals surface area (Å²) < 4.78 is 5.71. The molecule has 19 heavy (non-hydrogen) atoms. The average molecular weight is 264 g/mol. The predicted molar refractivity (Wildman–Crippen MR) is 74.5 cm³/mol. The van der Waals surface area contributed by atoms with Gasteiger partial charge in [-0.1, -0.05) is 12.1 Å². The van der Waals surface area contributed by atoms with Gasteiger partial charge in [-0.15, -0.1) is 0 Å². The van der Waals surface area contributed by atoms with Crippen LogP contribution in [0.25, 0.3) is 0 Å². The Morgan fingerprint density at radius 1 is 1.37 bits per heavy atom. The lowest BCUT2D eigenvalue weighted by molar-refractivity contribution is 0.191. The lowest BCUT2D eigenvalue weighted by Crippen LogP contribution is -2.44. The van der Waals surface area contributed by atoms with Crippen molar-refractivity contribution in [2.24, 2.45) is 5.73 Å². The fraction of sp³-hybridized carbons (Fsp3) is 0.462. The van der Waals surface area contributed by atoms with E-state index in [1.807, 2.05) is 18.2 Å². The van der Waals surface area contributed by atoms with E-state index in [1.165, 1.54) is 0 Å². The van der Waals surface area contributed by atoms with Crippen LogP contribution in [-0.4, -0.2) is 50.3 Å². The smallest absolute Gasteiger partial charge is 0.316 e. The molecule has 2 rings (SSSR count). The van der Waals surface area contributed by atoms with Gasteiger partial charge < -0.3 is 21.1 Å². The van der Waals surface area contributed by atoms with Gasteiger partial charge in [0.25, 0.3) is 0 Å². The second-order valence-corrected chi connectivity index (χ2v) is 4.43. The fourth-order valence-corrected chi connectivity index (χ4v) is 2.05. The first-order chi connectivity index (χ1) is 9.25. The van der Waals surface area contributed by atoms with Crippen LogP contribution in [0.5, 0.6) is 5.75 Å². The summed E-state index contributed by atoms with van der Waals surface area (Å²) in [7, 11) is 0. The van der Waals surface area contributed by atoms with Crippen molar-refractivity contribution in [1.82, 2.24) is 10.2 Å². The van der Waals surface area contributed by atoms with Gasteiger partial charge in [0.1, 0.15) is 12.4 Å². The highest BCUT2D eigenvalue weighted by molar-refractivity contribution is 5.89. The van der Waals surface area contributed by atoms with Crippen LogP contribution in [0, 0.1) is 0 Å². The first-order valence-electron chi connectivity index (χ1n) is 6.47. The van der Waals surface area contributed by atoms with Gasteiger partial charge >= 0.3 is 6.03 Å². The first kappa shape index (κ1) is 13.6. The summed E-state index contributed by atoms with van der Waals surface area (Å²) >= 11 is 0. The third-order valence-electron chi connectivity index (χ3n) is 3.02. The van der Waals surface area contributed by atoms with Gasteiger partial charge in [-0.05, 0) is 12.1 Å². The Kier molecular flexibility index (Phi) is 5.00. The van der Waals surface area contributed by atoms with Crippen molar-refractivity contribution in [3.05, 3.63) is 24.3 Å². The van der Waals surface area contributed by atoms with Crippen molar-refractivity contribution in [3.63, 3.8) is 0 Å². The molecule has 0 radical (unpaired) electrons. The monoisotopic (exact) mass is 264 g/mol. The van der Waals surface area contributed by atoms with E-state index >= 15 is 0 Å². The highest BCUT2D eigenvalue weighted by Gasteiger charge is 2.10. The van der Waals surface area contributed by atoms with Crippen molar-refractivity contribution in [2.75, 3.05) is 44.6 Å². The number of nitrogens with one attached hydrogen (secondary N) is 2. The zero-order chi connectivity index (χ0) is 13.5. The molecule has 1 aromatic carbocycles. The average Bonchev–Trinajstić information content (AvgIpc) is 2.41. The van der Waals surface area contributed by atoms with Crippen LogP contribution >= 0.6 is 0 Å². The summed E-state index contributed by atoms with van der Waals surface area (Å²) in [4.78, 5) is 13.2. The Balaban J connectivity index is 1.83. The molecule has 1 aromatic rings. The number of carbonyl (C=O) groups is 1. The van der Waals surface area contributed by atoms with Crippen LogP contribution in [0.15, 0.2) is 24.3 Å².